The molecule has 1 saturated heterocycles. The van der Waals surface area contributed by atoms with Crippen LogP contribution in [0, 0.1) is 5.82 Å². The van der Waals surface area contributed by atoms with Gasteiger partial charge in [-0.25, -0.2) is 19.2 Å². The fourth-order valence-electron chi connectivity index (χ4n) is 3.16. The Kier molecular flexibility index (Phi) is 5.09. The number of ether oxygens (including phenoxy) is 1. The first kappa shape index (κ1) is 18.8. The number of anilines is 2. The van der Waals surface area contributed by atoms with E-state index >= 15 is 0 Å². The van der Waals surface area contributed by atoms with Crippen LogP contribution >= 0.6 is 0 Å². The van der Waals surface area contributed by atoms with Gasteiger partial charge in [-0.2, -0.15) is 5.10 Å². The maximum Gasteiger partial charge on any atom is 0.414 e. The third-order valence-electron chi connectivity index (χ3n) is 4.73. The van der Waals surface area contributed by atoms with Crippen molar-refractivity contribution in [3.63, 3.8) is 0 Å². The van der Waals surface area contributed by atoms with Crippen LogP contribution in [0.25, 0.3) is 11.1 Å². The van der Waals surface area contributed by atoms with Gasteiger partial charge in [0, 0.05) is 23.9 Å². The van der Waals surface area contributed by atoms with Crippen LogP contribution in [0.1, 0.15) is 0 Å². The Bertz CT molecular complexity index is 952. The smallest absolute Gasteiger partial charge is 0.414 e. The molecule has 9 nitrogen and oxygen atoms in total. The predicted molar refractivity (Wildman–Crippen MR) is 103 cm³/mol. The largest absolute Gasteiger partial charge is 0.441 e. The second-order valence-corrected chi connectivity index (χ2v) is 6.56. The molecule has 1 atom stereocenters. The zero-order valence-electron chi connectivity index (χ0n) is 15.3. The molecule has 4 rings (SSSR count). The molecule has 2 aromatic rings. The SMILES string of the molecule is O=CN1CCN(c2ccc(-c3ccc(N4CC(CO)OC4=O)cc3F)cn2)C=N1. The van der Waals surface area contributed by atoms with Crippen molar-refractivity contribution in [3.8, 4) is 11.1 Å². The van der Waals surface area contributed by atoms with Gasteiger partial charge in [0.2, 0.25) is 6.41 Å². The number of aliphatic hydroxyl groups excluding tert-OH is 1. The monoisotopic (exact) mass is 399 g/mol. The fraction of sp³-hybridized carbons (Fsp3) is 0.263. The van der Waals surface area contributed by atoms with Crippen LogP contribution in [0.5, 0.6) is 0 Å². The fourth-order valence-corrected chi connectivity index (χ4v) is 3.16. The molecule has 0 aliphatic carbocycles. The van der Waals surface area contributed by atoms with Crippen molar-refractivity contribution >= 4 is 30.3 Å². The van der Waals surface area contributed by atoms with Crippen molar-refractivity contribution in [2.75, 3.05) is 36.0 Å². The number of aliphatic hydroxyl groups is 1. The minimum absolute atomic E-state index is 0.170. The molecular formula is C19H18FN5O4. The number of nitrogens with zero attached hydrogens (tertiary/aromatic N) is 5. The van der Waals surface area contributed by atoms with E-state index < -0.39 is 18.0 Å². The van der Waals surface area contributed by atoms with E-state index in [1.807, 2.05) is 0 Å². The summed E-state index contributed by atoms with van der Waals surface area (Å²) in [6.45, 7) is 0.896. The normalized spacial score (nSPS) is 18.9. The summed E-state index contributed by atoms with van der Waals surface area (Å²) in [5.41, 5.74) is 1.29. The Balaban J connectivity index is 1.52. The van der Waals surface area contributed by atoms with E-state index in [-0.39, 0.29) is 13.2 Å². The lowest BCUT2D eigenvalue weighted by Gasteiger charge is -2.25. The minimum Gasteiger partial charge on any atom is -0.441 e. The van der Waals surface area contributed by atoms with Crippen molar-refractivity contribution in [2.24, 2.45) is 5.10 Å². The van der Waals surface area contributed by atoms with Crippen molar-refractivity contribution in [1.82, 2.24) is 9.99 Å². The number of carbonyl (C=O) groups is 2. The Morgan fingerprint density at radius 1 is 1.28 bits per heavy atom. The Morgan fingerprint density at radius 2 is 2.14 bits per heavy atom. The number of benzene rings is 1. The molecule has 0 bridgehead atoms. The number of hydrogen-bond acceptors (Lipinski definition) is 7. The lowest BCUT2D eigenvalue weighted by Crippen LogP contribution is -2.37. The van der Waals surface area contributed by atoms with Crippen LogP contribution in [0.3, 0.4) is 0 Å². The third kappa shape index (κ3) is 3.74. The Hall–Kier alpha value is -3.53. The average molecular weight is 399 g/mol. The molecule has 1 aromatic heterocycles. The number of amides is 2. The molecule has 1 N–H and O–H groups in total. The lowest BCUT2D eigenvalue weighted by atomic mass is 10.1. The first-order valence-corrected chi connectivity index (χ1v) is 8.96. The van der Waals surface area contributed by atoms with Gasteiger partial charge in [0.15, 0.2) is 0 Å². The van der Waals surface area contributed by atoms with E-state index in [1.54, 1.807) is 35.4 Å². The lowest BCUT2D eigenvalue weighted by molar-refractivity contribution is -0.118. The summed E-state index contributed by atoms with van der Waals surface area (Å²) < 4.78 is 19.7. The first-order valence-electron chi connectivity index (χ1n) is 8.96. The van der Waals surface area contributed by atoms with Gasteiger partial charge in [0.25, 0.3) is 0 Å². The first-order chi connectivity index (χ1) is 14.1. The molecule has 1 aromatic carbocycles. The molecule has 150 valence electrons. The van der Waals surface area contributed by atoms with Crippen LogP contribution in [0.4, 0.5) is 20.7 Å². The number of hydrazone groups is 1. The molecule has 0 spiro atoms. The van der Waals surface area contributed by atoms with Gasteiger partial charge in [-0.15, -0.1) is 0 Å². The van der Waals surface area contributed by atoms with Crippen molar-refractivity contribution in [1.29, 1.82) is 0 Å². The predicted octanol–water partition coefficient (Wildman–Crippen LogP) is 1.43. The molecule has 0 saturated carbocycles. The van der Waals surface area contributed by atoms with Crippen LogP contribution in [-0.4, -0.2) is 66.3 Å². The molecule has 2 aliphatic rings. The van der Waals surface area contributed by atoms with Gasteiger partial charge in [-0.1, -0.05) is 0 Å². The van der Waals surface area contributed by atoms with Gasteiger partial charge in [0.05, 0.1) is 25.4 Å². The number of aromatic nitrogens is 1. The van der Waals surface area contributed by atoms with E-state index in [4.69, 9.17) is 9.84 Å². The highest BCUT2D eigenvalue weighted by atomic mass is 19.1. The summed E-state index contributed by atoms with van der Waals surface area (Å²) >= 11 is 0. The highest BCUT2D eigenvalue weighted by molar-refractivity contribution is 5.90. The standard InChI is InChI=1S/C19H18FN5O4/c20-17-7-14(25-9-15(10-26)29-19(25)28)2-3-16(17)13-1-4-18(21-8-13)23-5-6-24(12-27)22-11-23/h1-4,7-8,11-12,15,26H,5-6,9-10H2. The van der Waals surface area contributed by atoms with Crippen LogP contribution in [0.2, 0.25) is 0 Å². The topological polar surface area (TPSA) is 98.6 Å². The molecule has 2 aliphatic heterocycles. The molecule has 1 fully saturated rings. The van der Waals surface area contributed by atoms with E-state index in [0.717, 1.165) is 0 Å². The summed E-state index contributed by atoms with van der Waals surface area (Å²) in [6, 6.07) is 7.95. The van der Waals surface area contributed by atoms with E-state index in [1.165, 1.54) is 22.3 Å². The summed E-state index contributed by atoms with van der Waals surface area (Å²) in [5.74, 6) is 0.133. The van der Waals surface area contributed by atoms with Crippen LogP contribution in [0.15, 0.2) is 41.6 Å². The average Bonchev–Trinajstić information content (AvgIpc) is 3.15. The number of carbonyl (C=O) groups excluding carboxylic acids is 2. The van der Waals surface area contributed by atoms with E-state index in [0.29, 0.717) is 42.1 Å². The highest BCUT2D eigenvalue weighted by Crippen LogP contribution is 2.29. The Morgan fingerprint density at radius 3 is 2.72 bits per heavy atom. The summed E-state index contributed by atoms with van der Waals surface area (Å²) in [5, 5.41) is 14.4. The molecule has 0 radical (unpaired) electrons. The summed E-state index contributed by atoms with van der Waals surface area (Å²) in [4.78, 5) is 30.0. The maximum absolute atomic E-state index is 14.7. The molecule has 3 heterocycles. The van der Waals surface area contributed by atoms with Crippen LogP contribution in [-0.2, 0) is 9.53 Å². The van der Waals surface area contributed by atoms with Gasteiger partial charge in [-0.05, 0) is 30.3 Å². The highest BCUT2D eigenvalue weighted by Gasteiger charge is 2.32. The Labute approximate surface area is 165 Å². The molecular weight excluding hydrogens is 381 g/mol. The van der Waals surface area contributed by atoms with Crippen LogP contribution < -0.4 is 9.80 Å². The molecule has 29 heavy (non-hydrogen) atoms. The second kappa shape index (κ2) is 7.84. The number of rotatable bonds is 5. The zero-order chi connectivity index (χ0) is 20.4. The van der Waals surface area contributed by atoms with E-state index in [9.17, 15) is 14.0 Å². The molecule has 1 unspecified atom stereocenters. The number of hydrogen-bond donors (Lipinski definition) is 1. The number of halogens is 1. The second-order valence-electron chi connectivity index (χ2n) is 6.56. The number of cyclic esters (lactones) is 1. The van der Waals surface area contributed by atoms with Gasteiger partial charge < -0.3 is 14.7 Å². The summed E-state index contributed by atoms with van der Waals surface area (Å²) in [7, 11) is 0. The van der Waals surface area contributed by atoms with Gasteiger partial charge >= 0.3 is 6.09 Å². The minimum atomic E-state index is -0.612. The molecule has 2 amide bonds. The maximum atomic E-state index is 14.7. The molecule has 10 heteroatoms. The van der Waals surface area contributed by atoms with Gasteiger partial charge in [-0.3, -0.25) is 9.69 Å². The van der Waals surface area contributed by atoms with Crippen molar-refractivity contribution in [3.05, 3.63) is 42.3 Å². The quantitative estimate of drug-likeness (QED) is 0.764. The van der Waals surface area contributed by atoms with E-state index in [2.05, 4.69) is 10.1 Å². The number of pyridine rings is 1. The van der Waals surface area contributed by atoms with Crippen molar-refractivity contribution < 1.29 is 23.8 Å². The third-order valence-corrected chi connectivity index (χ3v) is 4.73. The summed E-state index contributed by atoms with van der Waals surface area (Å²) in [6.07, 6.45) is 2.50. The zero-order valence-corrected chi connectivity index (χ0v) is 15.3. The van der Waals surface area contributed by atoms with Crippen molar-refractivity contribution in [2.45, 2.75) is 6.10 Å². The van der Waals surface area contributed by atoms with Gasteiger partial charge in [0.1, 0.15) is 24.1 Å².